The lowest BCUT2D eigenvalue weighted by atomic mass is 10.1. The van der Waals surface area contributed by atoms with Crippen LogP contribution in [0.2, 0.25) is 0 Å². The van der Waals surface area contributed by atoms with Gasteiger partial charge in [0.1, 0.15) is 11.3 Å². The zero-order valence-corrected chi connectivity index (χ0v) is 19.0. The van der Waals surface area contributed by atoms with E-state index in [4.69, 9.17) is 9.47 Å². The number of esters is 1. The lowest BCUT2D eigenvalue weighted by Gasteiger charge is -2.15. The number of amides is 1. The van der Waals surface area contributed by atoms with Gasteiger partial charge in [-0.1, -0.05) is 13.0 Å². The fourth-order valence-electron chi connectivity index (χ4n) is 3.21. The highest BCUT2D eigenvalue weighted by molar-refractivity contribution is 7.14. The van der Waals surface area contributed by atoms with Crippen LogP contribution in [0.1, 0.15) is 30.6 Å². The van der Waals surface area contributed by atoms with Crippen molar-refractivity contribution >= 4 is 39.4 Å². The summed E-state index contributed by atoms with van der Waals surface area (Å²) in [5, 5.41) is 5.03. The van der Waals surface area contributed by atoms with Crippen LogP contribution in [-0.2, 0) is 9.53 Å². The number of hydrogen-bond acceptors (Lipinski definition) is 8. The lowest BCUT2D eigenvalue weighted by Crippen LogP contribution is -2.32. The van der Waals surface area contributed by atoms with Crippen LogP contribution in [0.5, 0.6) is 5.75 Å². The largest absolute Gasteiger partial charge is 0.494 e. The third kappa shape index (κ3) is 5.15. The van der Waals surface area contributed by atoms with Gasteiger partial charge in [-0.05, 0) is 49.7 Å². The number of aromatic nitrogens is 3. The van der Waals surface area contributed by atoms with Gasteiger partial charge in [-0.3, -0.25) is 20.1 Å². The Labute approximate surface area is 194 Å². The summed E-state index contributed by atoms with van der Waals surface area (Å²) in [5.74, 6) is -0.281. The monoisotopic (exact) mass is 462 g/mol. The second-order valence-electron chi connectivity index (χ2n) is 7.02. The second-order valence-corrected chi connectivity index (χ2v) is 7.87. The highest BCUT2D eigenvalue weighted by Gasteiger charge is 2.24. The van der Waals surface area contributed by atoms with Crippen LogP contribution >= 0.6 is 11.3 Å². The van der Waals surface area contributed by atoms with Gasteiger partial charge in [-0.25, -0.2) is 9.78 Å². The molecule has 4 aromatic rings. The van der Waals surface area contributed by atoms with Crippen molar-refractivity contribution in [2.75, 3.05) is 11.9 Å². The average molecular weight is 463 g/mol. The molecule has 4 rings (SSSR count). The predicted molar refractivity (Wildman–Crippen MR) is 126 cm³/mol. The van der Waals surface area contributed by atoms with Crippen LogP contribution in [0.25, 0.3) is 22.3 Å². The van der Waals surface area contributed by atoms with Crippen LogP contribution in [0.15, 0.2) is 60.2 Å². The van der Waals surface area contributed by atoms with E-state index in [0.29, 0.717) is 29.2 Å². The van der Waals surface area contributed by atoms with Gasteiger partial charge in [-0.2, -0.15) is 0 Å². The first-order chi connectivity index (χ1) is 16.1. The molecular weight excluding hydrogens is 440 g/mol. The molecule has 0 saturated carbocycles. The molecule has 1 N–H and O–H groups in total. The topological polar surface area (TPSA) is 103 Å². The van der Waals surface area contributed by atoms with Crippen LogP contribution in [-0.4, -0.2) is 39.5 Å². The Morgan fingerprint density at radius 2 is 1.85 bits per heavy atom. The summed E-state index contributed by atoms with van der Waals surface area (Å²) in [6, 6.07) is 12.6. The third-order valence-electron chi connectivity index (χ3n) is 4.83. The predicted octanol–water partition coefficient (Wildman–Crippen LogP) is 4.73. The molecule has 2 aromatic heterocycles. The Morgan fingerprint density at radius 1 is 1.06 bits per heavy atom. The first-order valence-electron chi connectivity index (χ1n) is 10.5. The Hall–Kier alpha value is -3.85. The Balaban J connectivity index is 1.43. The number of thiazole rings is 1. The summed E-state index contributed by atoms with van der Waals surface area (Å²) in [6.45, 7) is 4.30. The summed E-state index contributed by atoms with van der Waals surface area (Å²) < 4.78 is 11.0. The van der Waals surface area contributed by atoms with E-state index in [1.165, 1.54) is 17.5 Å². The average Bonchev–Trinajstić information content (AvgIpc) is 3.31. The Bertz CT molecular complexity index is 1270. The molecule has 0 spiro atoms. The van der Waals surface area contributed by atoms with Crippen molar-refractivity contribution < 1.29 is 19.1 Å². The molecule has 0 saturated heterocycles. The minimum absolute atomic E-state index is 0.263. The molecule has 1 atom stereocenters. The van der Waals surface area contributed by atoms with Gasteiger partial charge < -0.3 is 9.47 Å². The summed E-state index contributed by atoms with van der Waals surface area (Å²) in [7, 11) is 0. The van der Waals surface area contributed by atoms with E-state index in [1.807, 2.05) is 36.6 Å². The van der Waals surface area contributed by atoms with E-state index < -0.39 is 18.0 Å². The Kier molecular flexibility index (Phi) is 6.89. The molecule has 0 fully saturated rings. The number of rotatable bonds is 8. The summed E-state index contributed by atoms with van der Waals surface area (Å²) in [4.78, 5) is 38.4. The fourth-order valence-corrected chi connectivity index (χ4v) is 3.93. The molecule has 2 aromatic carbocycles. The highest BCUT2D eigenvalue weighted by Crippen LogP contribution is 2.27. The van der Waals surface area contributed by atoms with Crippen molar-refractivity contribution in [2.45, 2.75) is 26.4 Å². The van der Waals surface area contributed by atoms with E-state index in [1.54, 1.807) is 31.3 Å². The van der Waals surface area contributed by atoms with Crippen molar-refractivity contribution in [3.8, 4) is 17.0 Å². The quantitative estimate of drug-likeness (QED) is 0.378. The highest BCUT2D eigenvalue weighted by atomic mass is 32.1. The minimum atomic E-state index is -0.970. The van der Waals surface area contributed by atoms with E-state index in [-0.39, 0.29) is 5.56 Å². The van der Waals surface area contributed by atoms with Gasteiger partial charge in [-0.15, -0.1) is 11.3 Å². The molecule has 0 bridgehead atoms. The molecule has 0 aliphatic heterocycles. The standard InChI is InChI=1S/C24H22N4O4S/c1-3-20(32-23(30)17-6-5-7-18-21(17)26-13-12-25-18)22(29)28-24-27-19(14-33-24)15-8-10-16(11-9-15)31-4-2/h5-14,20H,3-4H2,1-2H3,(H,27,28,29). The molecule has 1 amide bonds. The van der Waals surface area contributed by atoms with Crippen LogP contribution in [0, 0.1) is 0 Å². The molecule has 8 nitrogen and oxygen atoms in total. The first-order valence-corrected chi connectivity index (χ1v) is 11.4. The smallest absolute Gasteiger partial charge is 0.341 e. The van der Waals surface area contributed by atoms with Gasteiger partial charge in [0, 0.05) is 23.3 Å². The van der Waals surface area contributed by atoms with Gasteiger partial charge in [0.05, 0.1) is 23.4 Å². The molecule has 2 heterocycles. The normalized spacial score (nSPS) is 11.7. The van der Waals surface area contributed by atoms with E-state index in [2.05, 4.69) is 20.3 Å². The maximum Gasteiger partial charge on any atom is 0.341 e. The van der Waals surface area contributed by atoms with E-state index in [9.17, 15) is 9.59 Å². The maximum absolute atomic E-state index is 12.8. The molecule has 0 radical (unpaired) electrons. The van der Waals surface area contributed by atoms with Crippen molar-refractivity contribution in [3.05, 3.63) is 65.8 Å². The molecule has 9 heteroatoms. The number of ether oxygens (including phenoxy) is 2. The Morgan fingerprint density at radius 3 is 2.61 bits per heavy atom. The van der Waals surface area contributed by atoms with Crippen LogP contribution in [0.3, 0.4) is 0 Å². The van der Waals surface area contributed by atoms with Crippen LogP contribution in [0.4, 0.5) is 5.13 Å². The number of carbonyl (C=O) groups is 2. The van der Waals surface area contributed by atoms with Gasteiger partial charge in [0.2, 0.25) is 0 Å². The molecule has 168 valence electrons. The van der Waals surface area contributed by atoms with Crippen molar-refractivity contribution in [1.82, 2.24) is 15.0 Å². The molecule has 1 unspecified atom stereocenters. The zero-order chi connectivity index (χ0) is 23.2. The molecule has 33 heavy (non-hydrogen) atoms. The van der Waals surface area contributed by atoms with E-state index >= 15 is 0 Å². The number of nitrogens with one attached hydrogen (secondary N) is 1. The van der Waals surface area contributed by atoms with Crippen molar-refractivity contribution in [3.63, 3.8) is 0 Å². The summed E-state index contributed by atoms with van der Waals surface area (Å²) >= 11 is 1.30. The number of anilines is 1. The lowest BCUT2D eigenvalue weighted by molar-refractivity contribution is -0.124. The first kappa shape index (κ1) is 22.3. The third-order valence-corrected chi connectivity index (χ3v) is 5.58. The summed E-state index contributed by atoms with van der Waals surface area (Å²) in [6.07, 6.45) is 2.40. The zero-order valence-electron chi connectivity index (χ0n) is 18.1. The van der Waals surface area contributed by atoms with E-state index in [0.717, 1.165) is 17.0 Å². The van der Waals surface area contributed by atoms with Crippen molar-refractivity contribution in [1.29, 1.82) is 0 Å². The van der Waals surface area contributed by atoms with Gasteiger partial charge >= 0.3 is 5.97 Å². The number of hydrogen-bond donors (Lipinski definition) is 1. The SMILES string of the molecule is CCOc1ccc(-c2csc(NC(=O)C(CC)OC(=O)c3cccc4nccnc34)n2)cc1. The van der Waals surface area contributed by atoms with Gasteiger partial charge in [0.25, 0.3) is 5.91 Å². The number of nitrogens with zero attached hydrogens (tertiary/aromatic N) is 3. The molecule has 0 aliphatic carbocycles. The van der Waals surface area contributed by atoms with Gasteiger partial charge in [0.15, 0.2) is 11.2 Å². The van der Waals surface area contributed by atoms with Crippen LogP contribution < -0.4 is 10.1 Å². The minimum Gasteiger partial charge on any atom is -0.494 e. The summed E-state index contributed by atoms with van der Waals surface area (Å²) in [5.41, 5.74) is 2.91. The number of para-hydroxylation sites is 1. The number of fused-ring (bicyclic) bond motifs is 1. The maximum atomic E-state index is 12.8. The fraction of sp³-hybridized carbons (Fsp3) is 0.208. The van der Waals surface area contributed by atoms with Crippen molar-refractivity contribution in [2.24, 2.45) is 0 Å². The number of carbonyl (C=O) groups excluding carboxylic acids is 2. The molecule has 0 aliphatic rings. The second kappa shape index (κ2) is 10.2. The molecular formula is C24H22N4O4S. The number of benzene rings is 2.